The third-order valence-corrected chi connectivity index (χ3v) is 3.16. The number of hydrogen-bond acceptors (Lipinski definition) is 2. The zero-order chi connectivity index (χ0) is 13.7. The summed E-state index contributed by atoms with van der Waals surface area (Å²) in [5.41, 5.74) is 3.91. The monoisotopic (exact) mass is 256 g/mol. The zero-order valence-electron chi connectivity index (χ0n) is 11.6. The van der Waals surface area contributed by atoms with Crippen molar-refractivity contribution in [1.82, 2.24) is 9.78 Å². The van der Waals surface area contributed by atoms with Gasteiger partial charge >= 0.3 is 0 Å². The van der Waals surface area contributed by atoms with Crippen LogP contribution in [-0.2, 0) is 13.0 Å². The number of rotatable bonds is 6. The van der Waals surface area contributed by atoms with Crippen LogP contribution in [0.25, 0.3) is 6.20 Å². The van der Waals surface area contributed by atoms with Gasteiger partial charge in [-0.2, -0.15) is 0 Å². The highest BCUT2D eigenvalue weighted by Crippen LogP contribution is 2.18. The molecule has 2 rings (SSSR count). The number of hydrogen-bond donors (Lipinski definition) is 0. The molecule has 0 saturated carbocycles. The van der Waals surface area contributed by atoms with Gasteiger partial charge in [0.1, 0.15) is 6.61 Å². The van der Waals surface area contributed by atoms with E-state index < -0.39 is 0 Å². The molecule has 0 N–H and O–H groups in total. The van der Waals surface area contributed by atoms with Gasteiger partial charge in [-0.3, -0.25) is 0 Å². The third kappa shape index (κ3) is 3.25. The van der Waals surface area contributed by atoms with Crippen LogP contribution in [0.15, 0.2) is 37.0 Å². The quantitative estimate of drug-likeness (QED) is 0.785. The average molecular weight is 256 g/mol. The van der Waals surface area contributed by atoms with Crippen LogP contribution < -0.4 is 4.74 Å². The summed E-state index contributed by atoms with van der Waals surface area (Å²) in [5.74, 6) is 0.630. The Labute approximate surface area is 114 Å². The fourth-order valence-corrected chi connectivity index (χ4v) is 2.12. The van der Waals surface area contributed by atoms with Gasteiger partial charge in [-0.05, 0) is 30.0 Å². The van der Waals surface area contributed by atoms with Crippen molar-refractivity contribution in [3.63, 3.8) is 0 Å². The highest BCUT2D eigenvalue weighted by Gasteiger charge is 2.07. The molecule has 100 valence electrons. The predicted molar refractivity (Wildman–Crippen MR) is 78.1 cm³/mol. The lowest BCUT2D eigenvalue weighted by atomic mass is 9.99. The molecular weight excluding hydrogens is 236 g/mol. The van der Waals surface area contributed by atoms with Crippen LogP contribution >= 0.6 is 0 Å². The number of benzene rings is 1. The second-order valence-corrected chi connectivity index (χ2v) is 4.57. The van der Waals surface area contributed by atoms with Crippen molar-refractivity contribution in [2.45, 2.75) is 33.3 Å². The van der Waals surface area contributed by atoms with E-state index in [2.05, 4.69) is 43.7 Å². The lowest BCUT2D eigenvalue weighted by molar-refractivity contribution is 0.290. The summed E-state index contributed by atoms with van der Waals surface area (Å²) < 4.78 is 7.40. The van der Waals surface area contributed by atoms with E-state index in [0.29, 0.717) is 12.5 Å². The fraction of sp³-hybridized carbons (Fsp3) is 0.312. The van der Waals surface area contributed by atoms with Crippen molar-refractivity contribution in [3.05, 3.63) is 53.7 Å². The highest BCUT2D eigenvalue weighted by atomic mass is 16.5. The molecule has 0 bridgehead atoms. The van der Waals surface area contributed by atoms with E-state index in [9.17, 15) is 0 Å². The van der Waals surface area contributed by atoms with E-state index in [1.807, 2.05) is 12.3 Å². The Balaban J connectivity index is 2.11. The van der Waals surface area contributed by atoms with Crippen LogP contribution in [0.2, 0.25) is 0 Å². The van der Waals surface area contributed by atoms with Crippen LogP contribution in [0.5, 0.6) is 5.88 Å². The first-order valence-electron chi connectivity index (χ1n) is 6.62. The van der Waals surface area contributed by atoms with E-state index in [4.69, 9.17) is 4.74 Å². The summed E-state index contributed by atoms with van der Waals surface area (Å²) in [4.78, 5) is 0. The Morgan fingerprint density at radius 2 is 2.21 bits per heavy atom. The van der Waals surface area contributed by atoms with Crippen LogP contribution in [0.4, 0.5) is 0 Å². The molecule has 0 aliphatic rings. The second-order valence-electron chi connectivity index (χ2n) is 4.57. The minimum absolute atomic E-state index is 0.566. The van der Waals surface area contributed by atoms with Gasteiger partial charge in [-0.15, -0.1) is 5.10 Å². The number of nitrogens with zero attached hydrogens (tertiary/aromatic N) is 2. The molecular formula is C16H20N2O. The summed E-state index contributed by atoms with van der Waals surface area (Å²) in [7, 11) is 0. The van der Waals surface area contributed by atoms with Gasteiger partial charge < -0.3 is 4.74 Å². The van der Waals surface area contributed by atoms with Gasteiger partial charge in [-0.25, -0.2) is 4.68 Å². The van der Waals surface area contributed by atoms with Crippen molar-refractivity contribution in [2.24, 2.45) is 0 Å². The van der Waals surface area contributed by atoms with Crippen LogP contribution in [0, 0.1) is 6.92 Å². The van der Waals surface area contributed by atoms with E-state index in [1.54, 1.807) is 10.9 Å². The molecule has 3 heteroatoms. The summed E-state index contributed by atoms with van der Waals surface area (Å²) in [5, 5.41) is 4.23. The topological polar surface area (TPSA) is 27.1 Å². The molecule has 3 nitrogen and oxygen atoms in total. The van der Waals surface area contributed by atoms with Crippen LogP contribution in [0.1, 0.15) is 30.0 Å². The van der Waals surface area contributed by atoms with Crippen LogP contribution in [0.3, 0.4) is 0 Å². The van der Waals surface area contributed by atoms with Crippen LogP contribution in [-0.4, -0.2) is 9.78 Å². The number of ether oxygens (including phenoxy) is 1. The van der Waals surface area contributed by atoms with Crippen molar-refractivity contribution >= 4 is 6.20 Å². The predicted octanol–water partition coefficient (Wildman–Crippen LogP) is 3.82. The van der Waals surface area contributed by atoms with Crippen molar-refractivity contribution in [3.8, 4) is 5.88 Å². The summed E-state index contributed by atoms with van der Waals surface area (Å²) >= 11 is 0. The molecule has 0 unspecified atom stereocenters. The Morgan fingerprint density at radius 3 is 2.89 bits per heavy atom. The molecule has 1 aromatic heterocycles. The molecule has 0 radical (unpaired) electrons. The maximum Gasteiger partial charge on any atom is 0.233 e. The van der Waals surface area contributed by atoms with E-state index in [1.165, 1.54) is 16.7 Å². The first-order chi connectivity index (χ1) is 9.24. The van der Waals surface area contributed by atoms with Gasteiger partial charge in [0.25, 0.3) is 0 Å². The van der Waals surface area contributed by atoms with E-state index in [0.717, 1.165) is 12.8 Å². The van der Waals surface area contributed by atoms with Crippen molar-refractivity contribution < 1.29 is 4.74 Å². The van der Waals surface area contributed by atoms with Gasteiger partial charge in [0.2, 0.25) is 5.88 Å². The van der Waals surface area contributed by atoms with Gasteiger partial charge in [0.15, 0.2) is 0 Å². The molecule has 2 aromatic rings. The molecule has 0 spiro atoms. The maximum absolute atomic E-state index is 5.76. The first kappa shape index (κ1) is 13.4. The smallest absolute Gasteiger partial charge is 0.233 e. The van der Waals surface area contributed by atoms with Crippen molar-refractivity contribution in [2.75, 3.05) is 0 Å². The number of aromatic nitrogens is 2. The Morgan fingerprint density at radius 1 is 1.37 bits per heavy atom. The average Bonchev–Trinajstić information content (AvgIpc) is 2.86. The molecule has 0 atom stereocenters. The van der Waals surface area contributed by atoms with Crippen molar-refractivity contribution in [1.29, 1.82) is 0 Å². The van der Waals surface area contributed by atoms with E-state index >= 15 is 0 Å². The Hall–Kier alpha value is -2.03. The maximum atomic E-state index is 5.76. The van der Waals surface area contributed by atoms with E-state index in [-0.39, 0.29) is 0 Å². The Kier molecular flexibility index (Phi) is 4.39. The number of aryl methyl sites for hydroxylation is 2. The second kappa shape index (κ2) is 6.23. The molecule has 0 aliphatic carbocycles. The van der Waals surface area contributed by atoms with Gasteiger partial charge in [0, 0.05) is 18.5 Å². The minimum Gasteiger partial charge on any atom is -0.472 e. The third-order valence-electron chi connectivity index (χ3n) is 3.16. The molecule has 1 aromatic carbocycles. The molecule has 0 saturated heterocycles. The Bertz CT molecular complexity index is 558. The highest BCUT2D eigenvalue weighted by molar-refractivity contribution is 5.34. The fourth-order valence-electron chi connectivity index (χ4n) is 2.12. The lowest BCUT2D eigenvalue weighted by Gasteiger charge is -2.12. The molecule has 0 amide bonds. The summed E-state index contributed by atoms with van der Waals surface area (Å²) in [6.07, 6.45) is 5.69. The van der Waals surface area contributed by atoms with Gasteiger partial charge in [0.05, 0.1) is 0 Å². The summed E-state index contributed by atoms with van der Waals surface area (Å²) in [6, 6.07) is 8.26. The zero-order valence-corrected chi connectivity index (χ0v) is 11.6. The molecule has 1 heterocycles. The SMILES string of the molecule is C=Cn1ccc(OCc2c(C)cccc2CCC)n1. The molecule has 0 aliphatic heterocycles. The van der Waals surface area contributed by atoms with Gasteiger partial charge in [-0.1, -0.05) is 38.1 Å². The minimum atomic E-state index is 0.566. The largest absolute Gasteiger partial charge is 0.472 e. The first-order valence-corrected chi connectivity index (χ1v) is 6.62. The molecule has 0 fully saturated rings. The normalized spacial score (nSPS) is 10.4. The molecule has 19 heavy (non-hydrogen) atoms. The standard InChI is InChI=1S/C16H20N2O/c1-4-7-14-9-6-8-13(3)15(14)12-19-16-10-11-18(5-2)17-16/h5-6,8-11H,2,4,7,12H2,1,3H3. The lowest BCUT2D eigenvalue weighted by Crippen LogP contribution is -2.03. The summed E-state index contributed by atoms with van der Waals surface area (Å²) in [6.45, 7) is 8.54.